The molecule has 0 saturated carbocycles. The maximum atomic E-state index is 10.3. The lowest BCUT2D eigenvalue weighted by Crippen LogP contribution is -2.04. The highest BCUT2D eigenvalue weighted by Crippen LogP contribution is 1.92. The summed E-state index contributed by atoms with van der Waals surface area (Å²) >= 11 is 0. The highest BCUT2D eigenvalue weighted by atomic mass is 32.2. The second-order valence-electron chi connectivity index (χ2n) is 1.38. The average molecular weight is 137 g/mol. The lowest BCUT2D eigenvalue weighted by atomic mass is 10.6. The van der Waals surface area contributed by atoms with Crippen molar-refractivity contribution in [3.8, 4) is 0 Å². The van der Waals surface area contributed by atoms with Crippen molar-refractivity contribution >= 4 is 10.1 Å². The number of rotatable bonds is 3. The zero-order chi connectivity index (χ0) is 6.62. The number of hydrogen-bond acceptors (Lipinski definition) is 3. The van der Waals surface area contributed by atoms with Gasteiger partial charge in [-0.15, -0.1) is 0 Å². The van der Waals surface area contributed by atoms with E-state index in [1.165, 1.54) is 0 Å². The van der Waals surface area contributed by atoms with Crippen molar-refractivity contribution in [2.45, 2.75) is 13.3 Å². The van der Waals surface area contributed by atoms with Crippen molar-refractivity contribution in [2.75, 3.05) is 5.75 Å². The van der Waals surface area contributed by atoms with E-state index < -0.39 is 10.1 Å². The van der Waals surface area contributed by atoms with E-state index in [9.17, 15) is 8.42 Å². The van der Waals surface area contributed by atoms with E-state index >= 15 is 0 Å². The van der Waals surface area contributed by atoms with Gasteiger partial charge >= 0.3 is 0 Å². The minimum Gasteiger partial charge on any atom is -0.268 e. The van der Waals surface area contributed by atoms with Crippen LogP contribution in [0.1, 0.15) is 13.3 Å². The summed E-state index contributed by atoms with van der Waals surface area (Å²) in [5.41, 5.74) is 0. The average Bonchev–Trinajstić information content (AvgIpc) is 1.67. The SMILES string of the molecule is [CH2]OS(=O)(=O)CCC. The molecule has 0 amide bonds. The molecule has 4 heteroatoms. The normalized spacial score (nSPS) is 11.8. The Balaban J connectivity index is 3.76. The molecule has 49 valence electrons. The first-order valence-corrected chi connectivity index (χ1v) is 3.86. The Morgan fingerprint density at radius 1 is 1.62 bits per heavy atom. The molecule has 1 radical (unpaired) electrons. The minimum absolute atomic E-state index is 0.0521. The molecule has 0 saturated heterocycles. The smallest absolute Gasteiger partial charge is 0.267 e. The van der Waals surface area contributed by atoms with E-state index in [-0.39, 0.29) is 5.75 Å². The fourth-order valence-corrected chi connectivity index (χ4v) is 0.927. The maximum absolute atomic E-state index is 10.3. The van der Waals surface area contributed by atoms with Gasteiger partial charge in [-0.25, -0.2) is 0 Å². The predicted octanol–water partition coefficient (Wildman–Crippen LogP) is 0.534. The molecule has 8 heavy (non-hydrogen) atoms. The monoisotopic (exact) mass is 137 g/mol. The van der Waals surface area contributed by atoms with Gasteiger partial charge in [-0.3, -0.25) is 4.18 Å². The van der Waals surface area contributed by atoms with Crippen LogP contribution in [0.25, 0.3) is 0 Å². The van der Waals surface area contributed by atoms with Crippen LogP contribution in [0.2, 0.25) is 0 Å². The fraction of sp³-hybridized carbons (Fsp3) is 0.750. The Labute approximate surface area is 49.8 Å². The third-order valence-corrected chi connectivity index (χ3v) is 1.90. The number of hydrogen-bond donors (Lipinski definition) is 0. The zero-order valence-electron chi connectivity index (χ0n) is 4.75. The van der Waals surface area contributed by atoms with Gasteiger partial charge in [-0.05, 0) is 6.42 Å². The van der Waals surface area contributed by atoms with Crippen LogP contribution >= 0.6 is 0 Å². The van der Waals surface area contributed by atoms with Crippen LogP contribution in [-0.2, 0) is 14.3 Å². The summed E-state index contributed by atoms with van der Waals surface area (Å²) < 4.78 is 24.5. The second kappa shape index (κ2) is 3.04. The van der Waals surface area contributed by atoms with Crippen molar-refractivity contribution in [1.82, 2.24) is 0 Å². The Bertz CT molecular complexity index is 135. The summed E-state index contributed by atoms with van der Waals surface area (Å²) in [7, 11) is -0.493. The molecule has 0 heterocycles. The largest absolute Gasteiger partial charge is 0.268 e. The zero-order valence-corrected chi connectivity index (χ0v) is 5.57. The van der Waals surface area contributed by atoms with Crippen LogP contribution in [0.15, 0.2) is 0 Å². The van der Waals surface area contributed by atoms with E-state index in [4.69, 9.17) is 0 Å². The molecular weight excluding hydrogens is 128 g/mol. The lowest BCUT2D eigenvalue weighted by molar-refractivity contribution is 0.437. The van der Waals surface area contributed by atoms with E-state index in [0.717, 1.165) is 0 Å². The molecule has 0 aromatic carbocycles. The van der Waals surface area contributed by atoms with Crippen molar-refractivity contribution in [1.29, 1.82) is 0 Å². The van der Waals surface area contributed by atoms with Gasteiger partial charge < -0.3 is 0 Å². The Morgan fingerprint density at radius 3 is 2.25 bits per heavy atom. The van der Waals surface area contributed by atoms with E-state index in [0.29, 0.717) is 6.42 Å². The molecule has 0 fully saturated rings. The van der Waals surface area contributed by atoms with Gasteiger partial charge in [-0.2, -0.15) is 8.42 Å². The highest BCUT2D eigenvalue weighted by molar-refractivity contribution is 7.86. The van der Waals surface area contributed by atoms with Crippen LogP contribution < -0.4 is 0 Å². The third kappa shape index (κ3) is 2.98. The second-order valence-corrected chi connectivity index (χ2v) is 3.14. The molecule has 0 atom stereocenters. The highest BCUT2D eigenvalue weighted by Gasteiger charge is 2.03. The summed E-state index contributed by atoms with van der Waals surface area (Å²) in [6.07, 6.45) is 0.567. The van der Waals surface area contributed by atoms with Crippen molar-refractivity contribution in [3.63, 3.8) is 0 Å². The van der Waals surface area contributed by atoms with Gasteiger partial charge in [-0.1, -0.05) is 6.92 Å². The van der Waals surface area contributed by atoms with Crippen LogP contribution in [0, 0.1) is 7.11 Å². The van der Waals surface area contributed by atoms with Crippen LogP contribution in [0.5, 0.6) is 0 Å². The van der Waals surface area contributed by atoms with Gasteiger partial charge in [0.25, 0.3) is 10.1 Å². The molecule has 0 bridgehead atoms. The molecular formula is C4H9O3S. The Kier molecular flexibility index (Phi) is 3.01. The van der Waals surface area contributed by atoms with Gasteiger partial charge in [0.05, 0.1) is 12.9 Å². The van der Waals surface area contributed by atoms with Crippen molar-refractivity contribution in [2.24, 2.45) is 0 Å². The van der Waals surface area contributed by atoms with E-state index in [1.54, 1.807) is 6.92 Å². The predicted molar refractivity (Wildman–Crippen MR) is 30.5 cm³/mol. The molecule has 0 N–H and O–H groups in total. The third-order valence-electron chi connectivity index (χ3n) is 0.634. The molecule has 0 aliphatic rings. The van der Waals surface area contributed by atoms with Crippen LogP contribution in [0.4, 0.5) is 0 Å². The lowest BCUT2D eigenvalue weighted by Gasteiger charge is -1.94. The molecule has 0 aromatic rings. The summed E-state index contributed by atoms with van der Waals surface area (Å²) in [6, 6.07) is 0. The Morgan fingerprint density at radius 2 is 2.12 bits per heavy atom. The Hall–Kier alpha value is -0.0900. The fourth-order valence-electron chi connectivity index (χ4n) is 0.309. The van der Waals surface area contributed by atoms with Crippen molar-refractivity contribution < 1.29 is 12.6 Å². The first-order valence-electron chi connectivity index (χ1n) is 2.28. The minimum atomic E-state index is -3.28. The summed E-state index contributed by atoms with van der Waals surface area (Å²) in [4.78, 5) is 0. The van der Waals surface area contributed by atoms with Gasteiger partial charge in [0, 0.05) is 0 Å². The molecule has 0 spiro atoms. The van der Waals surface area contributed by atoms with Gasteiger partial charge in [0.15, 0.2) is 0 Å². The summed E-state index contributed by atoms with van der Waals surface area (Å²) in [5.74, 6) is 0.0521. The summed E-state index contributed by atoms with van der Waals surface area (Å²) in [5, 5.41) is 0. The quantitative estimate of drug-likeness (QED) is 0.533. The van der Waals surface area contributed by atoms with Gasteiger partial charge in [0.1, 0.15) is 0 Å². The van der Waals surface area contributed by atoms with Crippen LogP contribution in [-0.4, -0.2) is 14.2 Å². The van der Waals surface area contributed by atoms with E-state index in [2.05, 4.69) is 11.3 Å². The van der Waals surface area contributed by atoms with Crippen molar-refractivity contribution in [3.05, 3.63) is 7.11 Å². The molecule has 0 unspecified atom stereocenters. The first-order chi connectivity index (χ1) is 3.62. The topological polar surface area (TPSA) is 43.4 Å². The molecule has 0 aliphatic heterocycles. The molecule has 3 nitrogen and oxygen atoms in total. The standard InChI is InChI=1S/C4H9O3S/c1-3-4-8(5,6)7-2/h2-4H2,1H3. The first kappa shape index (κ1) is 7.91. The molecule has 0 rings (SSSR count). The molecule has 0 aliphatic carbocycles. The van der Waals surface area contributed by atoms with E-state index in [1.807, 2.05) is 0 Å². The molecule has 0 aromatic heterocycles. The van der Waals surface area contributed by atoms with Crippen LogP contribution in [0.3, 0.4) is 0 Å². The maximum Gasteiger partial charge on any atom is 0.267 e. The van der Waals surface area contributed by atoms with Gasteiger partial charge in [0.2, 0.25) is 0 Å². The summed E-state index contributed by atoms with van der Waals surface area (Å²) in [6.45, 7) is 1.76.